The number of benzene rings is 2. The number of rotatable bonds is 2. The van der Waals surface area contributed by atoms with E-state index < -0.39 is 0 Å². The van der Waals surface area contributed by atoms with Crippen LogP contribution in [0.4, 0.5) is 5.69 Å². The lowest BCUT2D eigenvalue weighted by atomic mass is 9.75. The molecule has 2 aromatic carbocycles. The topological polar surface area (TPSA) is 37.8 Å². The molecule has 2 bridgehead atoms. The minimum absolute atomic E-state index is 0.332. The first-order valence-corrected chi connectivity index (χ1v) is 11.1. The number of hydrogen-bond donors (Lipinski definition) is 0. The van der Waals surface area contributed by atoms with Crippen molar-refractivity contribution in [2.75, 3.05) is 31.3 Å². The van der Waals surface area contributed by atoms with Crippen LogP contribution in [-0.2, 0) is 0 Å². The van der Waals surface area contributed by atoms with Crippen LogP contribution in [0.15, 0.2) is 54.7 Å². The van der Waals surface area contributed by atoms with Crippen molar-refractivity contribution in [3.05, 3.63) is 60.3 Å². The molecule has 4 fully saturated rings. The van der Waals surface area contributed by atoms with Crippen molar-refractivity contribution < 1.29 is 9.47 Å². The average Bonchev–Trinajstić information content (AvgIpc) is 3.45. The Kier molecular flexibility index (Phi) is 3.59. The van der Waals surface area contributed by atoms with E-state index in [1.54, 1.807) is 0 Å². The first-order chi connectivity index (χ1) is 14.9. The molecule has 0 radical (unpaired) electrons. The summed E-state index contributed by atoms with van der Waals surface area (Å²) in [5.74, 6) is 3.01. The maximum Gasteiger partial charge on any atom is 0.231 e. The van der Waals surface area contributed by atoms with Crippen LogP contribution in [-0.4, -0.2) is 48.4 Å². The van der Waals surface area contributed by atoms with Crippen LogP contribution >= 0.6 is 0 Å². The van der Waals surface area contributed by atoms with Gasteiger partial charge in [-0.25, -0.2) is 0 Å². The number of nitrogens with zero attached hydrogens (tertiary/aromatic N) is 3. The molecular weight excluding hydrogens is 374 g/mol. The monoisotopic (exact) mass is 399 g/mol. The summed E-state index contributed by atoms with van der Waals surface area (Å²) in [6.07, 6.45) is 4.60. The van der Waals surface area contributed by atoms with E-state index in [2.05, 4.69) is 63.3 Å². The molecule has 3 atom stereocenters. The maximum absolute atomic E-state index is 5.71. The highest BCUT2D eigenvalue weighted by atomic mass is 16.7. The number of piperidine rings is 3. The van der Waals surface area contributed by atoms with Gasteiger partial charge in [-0.1, -0.05) is 24.3 Å². The molecule has 5 nitrogen and oxygen atoms in total. The first kappa shape index (κ1) is 16.9. The van der Waals surface area contributed by atoms with E-state index in [9.17, 15) is 0 Å². The van der Waals surface area contributed by atoms with E-state index in [1.807, 2.05) is 6.20 Å². The van der Waals surface area contributed by atoms with Crippen LogP contribution in [0.25, 0.3) is 10.9 Å². The minimum atomic E-state index is 0.332. The molecule has 4 saturated heterocycles. The third-order valence-electron chi connectivity index (χ3n) is 7.75. The van der Waals surface area contributed by atoms with Gasteiger partial charge in [-0.2, -0.15) is 0 Å². The lowest BCUT2D eigenvalue weighted by molar-refractivity contribution is 0.0356. The highest BCUT2D eigenvalue weighted by molar-refractivity contribution is 5.92. The predicted octanol–water partition coefficient (Wildman–Crippen LogP) is 4.03. The molecule has 5 aliphatic heterocycles. The van der Waals surface area contributed by atoms with Crippen LogP contribution in [0.5, 0.6) is 11.5 Å². The number of pyridine rings is 1. The molecule has 0 amide bonds. The molecule has 8 rings (SSSR count). The van der Waals surface area contributed by atoms with Gasteiger partial charge < -0.3 is 14.4 Å². The number of fused-ring (bicyclic) bond motifs is 4. The SMILES string of the molecule is c1ccc2c(N3C[C@@H](c4ccc5c(c4)OCO5)[C@@H]4[C@H]3C3CCN4CC3)ccnc2c1. The number of ether oxygens (including phenoxy) is 2. The Bertz CT molecular complexity index is 1120. The van der Waals surface area contributed by atoms with E-state index in [0.717, 1.165) is 29.5 Å². The lowest BCUT2D eigenvalue weighted by Gasteiger charge is -2.51. The second kappa shape index (κ2) is 6.35. The van der Waals surface area contributed by atoms with Gasteiger partial charge in [0, 0.05) is 41.8 Å². The van der Waals surface area contributed by atoms with E-state index in [4.69, 9.17) is 9.47 Å². The van der Waals surface area contributed by atoms with Crippen molar-refractivity contribution in [1.29, 1.82) is 0 Å². The summed E-state index contributed by atoms with van der Waals surface area (Å²) < 4.78 is 11.3. The van der Waals surface area contributed by atoms with Gasteiger partial charge in [0.1, 0.15) is 0 Å². The first-order valence-electron chi connectivity index (χ1n) is 11.1. The molecule has 0 N–H and O–H groups in total. The van der Waals surface area contributed by atoms with E-state index in [1.165, 1.54) is 42.6 Å². The summed E-state index contributed by atoms with van der Waals surface area (Å²) in [6, 6.07) is 18.5. The fourth-order valence-corrected chi connectivity index (χ4v) is 6.46. The largest absolute Gasteiger partial charge is 0.454 e. The van der Waals surface area contributed by atoms with Crippen molar-refractivity contribution in [2.45, 2.75) is 30.8 Å². The molecular formula is C25H25N3O2. The molecule has 6 heterocycles. The predicted molar refractivity (Wildman–Crippen MR) is 116 cm³/mol. The lowest BCUT2D eigenvalue weighted by Crippen LogP contribution is -2.60. The van der Waals surface area contributed by atoms with Crippen molar-refractivity contribution in [3.63, 3.8) is 0 Å². The highest BCUT2D eigenvalue weighted by Crippen LogP contribution is 2.49. The van der Waals surface area contributed by atoms with Gasteiger partial charge in [0.2, 0.25) is 6.79 Å². The standard InChI is InChI=1S/C25H25N3O2/c1-2-4-20-18(3-1)21(7-10-26-20)28-14-19(17-5-6-22-23(13-17)30-15-29-22)25-24(28)16-8-11-27(25)12-9-16/h1-7,10,13,16,19,24-25H,8-9,11-12,14-15H2/t19-,24+,25+/m0/s1. The third-order valence-corrected chi connectivity index (χ3v) is 7.75. The fourth-order valence-electron chi connectivity index (χ4n) is 6.46. The Morgan fingerprint density at radius 3 is 2.70 bits per heavy atom. The summed E-state index contributed by atoms with van der Waals surface area (Å²) in [5.41, 5.74) is 3.80. The molecule has 3 aromatic rings. The Morgan fingerprint density at radius 1 is 0.900 bits per heavy atom. The number of anilines is 1. The van der Waals surface area contributed by atoms with Crippen molar-refractivity contribution in [2.24, 2.45) is 5.92 Å². The Balaban J connectivity index is 1.35. The van der Waals surface area contributed by atoms with Crippen LogP contribution in [0.1, 0.15) is 24.3 Å². The molecule has 0 aliphatic carbocycles. The molecule has 0 spiro atoms. The zero-order valence-electron chi connectivity index (χ0n) is 16.9. The normalized spacial score (nSPS) is 31.3. The van der Waals surface area contributed by atoms with Crippen molar-refractivity contribution >= 4 is 16.6 Å². The Morgan fingerprint density at radius 2 is 1.77 bits per heavy atom. The van der Waals surface area contributed by atoms with Crippen molar-refractivity contribution in [3.8, 4) is 11.5 Å². The van der Waals surface area contributed by atoms with Gasteiger partial charge in [-0.05, 0) is 61.7 Å². The second-order valence-corrected chi connectivity index (χ2v) is 9.07. The molecule has 0 saturated carbocycles. The number of para-hydroxylation sites is 1. The summed E-state index contributed by atoms with van der Waals surface area (Å²) in [7, 11) is 0. The minimum Gasteiger partial charge on any atom is -0.454 e. The van der Waals surface area contributed by atoms with Gasteiger partial charge in [-0.15, -0.1) is 0 Å². The number of hydrogen-bond acceptors (Lipinski definition) is 5. The van der Waals surface area contributed by atoms with Gasteiger partial charge in [0.15, 0.2) is 11.5 Å². The third kappa shape index (κ3) is 2.36. The van der Waals surface area contributed by atoms with Gasteiger partial charge in [0.25, 0.3) is 0 Å². The molecule has 30 heavy (non-hydrogen) atoms. The second-order valence-electron chi connectivity index (χ2n) is 9.07. The van der Waals surface area contributed by atoms with Gasteiger partial charge in [0.05, 0.1) is 5.52 Å². The van der Waals surface area contributed by atoms with Crippen LogP contribution in [0.2, 0.25) is 0 Å². The van der Waals surface area contributed by atoms with Gasteiger partial charge in [-0.3, -0.25) is 9.88 Å². The smallest absolute Gasteiger partial charge is 0.231 e. The van der Waals surface area contributed by atoms with Crippen LogP contribution in [0.3, 0.4) is 0 Å². The van der Waals surface area contributed by atoms with Gasteiger partial charge >= 0.3 is 0 Å². The summed E-state index contributed by atoms with van der Waals surface area (Å²) in [4.78, 5) is 10.1. The molecule has 1 aromatic heterocycles. The van der Waals surface area contributed by atoms with E-state index in [0.29, 0.717) is 24.8 Å². The highest BCUT2D eigenvalue weighted by Gasteiger charge is 2.53. The van der Waals surface area contributed by atoms with E-state index in [-0.39, 0.29) is 0 Å². The van der Waals surface area contributed by atoms with Crippen molar-refractivity contribution in [1.82, 2.24) is 9.88 Å². The zero-order chi connectivity index (χ0) is 19.7. The molecule has 5 aliphatic rings. The van der Waals surface area contributed by atoms with E-state index >= 15 is 0 Å². The summed E-state index contributed by atoms with van der Waals surface area (Å²) in [6.45, 7) is 3.84. The molecule has 152 valence electrons. The fraction of sp³-hybridized carbons (Fsp3) is 0.400. The van der Waals surface area contributed by atoms with Crippen LogP contribution in [0, 0.1) is 5.92 Å². The molecule has 5 heteroatoms. The number of aromatic nitrogens is 1. The Labute approximate surface area is 176 Å². The average molecular weight is 399 g/mol. The quantitative estimate of drug-likeness (QED) is 0.650. The molecule has 0 unspecified atom stereocenters. The Hall–Kier alpha value is -2.79. The van der Waals surface area contributed by atoms with Crippen LogP contribution < -0.4 is 14.4 Å². The maximum atomic E-state index is 5.71. The summed E-state index contributed by atoms with van der Waals surface area (Å²) in [5, 5.41) is 1.27. The summed E-state index contributed by atoms with van der Waals surface area (Å²) >= 11 is 0. The zero-order valence-corrected chi connectivity index (χ0v) is 16.9.